The molecule has 0 aliphatic carbocycles. The second kappa shape index (κ2) is 4.83. The molecule has 3 heteroatoms. The van der Waals surface area contributed by atoms with Crippen LogP contribution in [0.5, 0.6) is 0 Å². The number of nitrogens with zero attached hydrogens (tertiary/aromatic N) is 1. The van der Waals surface area contributed by atoms with E-state index >= 15 is 0 Å². The summed E-state index contributed by atoms with van der Waals surface area (Å²) in [6.45, 7) is 3.31. The van der Waals surface area contributed by atoms with Gasteiger partial charge in [0.2, 0.25) is 0 Å². The number of benzene rings is 1. The van der Waals surface area contributed by atoms with Crippen molar-refractivity contribution in [2.24, 2.45) is 0 Å². The number of anilines is 1. The minimum atomic E-state index is -0.370. The van der Waals surface area contributed by atoms with Crippen LogP contribution in [-0.4, -0.2) is 24.3 Å². The number of aryl methyl sites for hydroxylation is 1. The minimum absolute atomic E-state index is 0.166. The lowest BCUT2D eigenvalue weighted by Gasteiger charge is -2.32. The fourth-order valence-electron chi connectivity index (χ4n) is 2.25. The van der Waals surface area contributed by atoms with Crippen molar-refractivity contribution in [1.29, 1.82) is 0 Å². The summed E-state index contributed by atoms with van der Waals surface area (Å²) in [5, 5.41) is 9.66. The van der Waals surface area contributed by atoms with Crippen molar-refractivity contribution in [3.63, 3.8) is 0 Å². The van der Waals surface area contributed by atoms with E-state index in [1.165, 1.54) is 6.07 Å². The van der Waals surface area contributed by atoms with E-state index in [9.17, 15) is 9.50 Å². The predicted octanol–water partition coefficient (Wildman–Crippen LogP) is 2.35. The lowest BCUT2D eigenvalue weighted by molar-refractivity contribution is 0.175. The van der Waals surface area contributed by atoms with Gasteiger partial charge in [0, 0.05) is 13.1 Å². The maximum Gasteiger partial charge on any atom is 0.146 e. The Kier molecular flexibility index (Phi) is 3.44. The number of fused-ring (bicyclic) bond motifs is 1. The van der Waals surface area contributed by atoms with Gasteiger partial charge in [-0.2, -0.15) is 0 Å². The molecule has 1 aromatic carbocycles. The number of β-amino-alcohol motifs (C(OH)–C–C–N with tert-alkyl or cyclic N) is 1. The largest absolute Gasteiger partial charge is 0.391 e. The van der Waals surface area contributed by atoms with Gasteiger partial charge in [0.05, 0.1) is 11.8 Å². The van der Waals surface area contributed by atoms with Gasteiger partial charge in [0.1, 0.15) is 5.82 Å². The average Bonchev–Trinajstić information content (AvgIpc) is 2.29. The lowest BCUT2D eigenvalue weighted by atomic mass is 10.0. The molecule has 1 atom stereocenters. The van der Waals surface area contributed by atoms with E-state index < -0.39 is 0 Å². The van der Waals surface area contributed by atoms with Crippen LogP contribution < -0.4 is 4.90 Å². The van der Waals surface area contributed by atoms with Crippen LogP contribution in [0, 0.1) is 5.82 Å². The Morgan fingerprint density at radius 1 is 1.50 bits per heavy atom. The van der Waals surface area contributed by atoms with Gasteiger partial charge < -0.3 is 10.0 Å². The molecular weight excluding hydrogens is 205 g/mol. The molecule has 0 fully saturated rings. The number of hydrogen-bond donors (Lipinski definition) is 1. The first-order valence-electron chi connectivity index (χ1n) is 5.92. The lowest BCUT2D eigenvalue weighted by Crippen LogP contribution is -2.36. The average molecular weight is 223 g/mol. The highest BCUT2D eigenvalue weighted by Gasteiger charge is 2.21. The van der Waals surface area contributed by atoms with E-state index in [4.69, 9.17) is 0 Å². The van der Waals surface area contributed by atoms with Crippen LogP contribution in [0.1, 0.15) is 25.3 Å². The standard InChI is InChI=1S/C13H18FNO/c1-2-11(16)9-15-8-4-6-10-5-3-7-12(14)13(10)15/h3,5,7,11,16H,2,4,6,8-9H2,1H3/t11-/m1/s1. The Labute approximate surface area is 95.7 Å². The number of hydrogen-bond acceptors (Lipinski definition) is 2. The number of halogens is 1. The second-order valence-corrected chi connectivity index (χ2v) is 4.36. The summed E-state index contributed by atoms with van der Waals surface area (Å²) in [7, 11) is 0. The summed E-state index contributed by atoms with van der Waals surface area (Å²) in [6.07, 6.45) is 2.31. The van der Waals surface area contributed by atoms with Crippen molar-refractivity contribution in [2.75, 3.05) is 18.0 Å². The van der Waals surface area contributed by atoms with Crippen molar-refractivity contribution >= 4 is 5.69 Å². The summed E-state index contributed by atoms with van der Waals surface area (Å²) < 4.78 is 13.8. The predicted molar refractivity (Wildman–Crippen MR) is 63.2 cm³/mol. The molecule has 1 heterocycles. The van der Waals surface area contributed by atoms with Gasteiger partial charge in [-0.15, -0.1) is 0 Å². The molecule has 0 unspecified atom stereocenters. The summed E-state index contributed by atoms with van der Waals surface area (Å²) in [5.74, 6) is -0.166. The molecule has 2 rings (SSSR count). The first-order valence-corrected chi connectivity index (χ1v) is 5.92. The van der Waals surface area contributed by atoms with Gasteiger partial charge in [0.25, 0.3) is 0 Å². The molecule has 1 aliphatic heterocycles. The van der Waals surface area contributed by atoms with E-state index in [1.54, 1.807) is 6.07 Å². The normalized spacial score (nSPS) is 17.1. The first kappa shape index (κ1) is 11.4. The topological polar surface area (TPSA) is 23.5 Å². The Morgan fingerprint density at radius 2 is 2.31 bits per heavy atom. The highest BCUT2D eigenvalue weighted by Crippen LogP contribution is 2.29. The van der Waals surface area contributed by atoms with Crippen molar-refractivity contribution in [2.45, 2.75) is 32.3 Å². The van der Waals surface area contributed by atoms with Crippen molar-refractivity contribution in [3.05, 3.63) is 29.6 Å². The van der Waals surface area contributed by atoms with Crippen LogP contribution in [0.15, 0.2) is 18.2 Å². The van der Waals surface area contributed by atoms with Gasteiger partial charge in [-0.3, -0.25) is 0 Å². The molecule has 0 radical (unpaired) electrons. The molecular formula is C13H18FNO. The van der Waals surface area contributed by atoms with Gasteiger partial charge >= 0.3 is 0 Å². The summed E-state index contributed by atoms with van der Waals surface area (Å²) >= 11 is 0. The molecule has 1 aliphatic rings. The fourth-order valence-corrected chi connectivity index (χ4v) is 2.25. The van der Waals surface area contributed by atoms with Crippen LogP contribution in [0.25, 0.3) is 0 Å². The molecule has 1 N–H and O–H groups in total. The number of aliphatic hydroxyl groups is 1. The molecule has 88 valence electrons. The van der Waals surface area contributed by atoms with E-state index in [1.807, 2.05) is 17.9 Å². The molecule has 0 amide bonds. The maximum absolute atomic E-state index is 13.8. The van der Waals surface area contributed by atoms with Crippen LogP contribution in [0.4, 0.5) is 10.1 Å². The van der Waals surface area contributed by atoms with Crippen molar-refractivity contribution < 1.29 is 9.50 Å². The number of rotatable bonds is 3. The molecule has 16 heavy (non-hydrogen) atoms. The fraction of sp³-hybridized carbons (Fsp3) is 0.538. The van der Waals surface area contributed by atoms with Gasteiger partial charge in [-0.05, 0) is 30.9 Å². The summed E-state index contributed by atoms with van der Waals surface area (Å²) in [4.78, 5) is 1.97. The van der Waals surface area contributed by atoms with Gasteiger partial charge in [-0.1, -0.05) is 19.1 Å². The minimum Gasteiger partial charge on any atom is -0.391 e. The molecule has 0 bridgehead atoms. The van der Waals surface area contributed by atoms with Gasteiger partial charge in [-0.25, -0.2) is 4.39 Å². The quantitative estimate of drug-likeness (QED) is 0.850. The third-order valence-electron chi connectivity index (χ3n) is 3.16. The summed E-state index contributed by atoms with van der Waals surface area (Å²) in [5.41, 5.74) is 1.76. The Bertz CT molecular complexity index is 367. The SMILES string of the molecule is CC[C@@H](O)CN1CCCc2cccc(F)c21. The summed E-state index contributed by atoms with van der Waals surface area (Å²) in [6, 6.07) is 5.23. The van der Waals surface area contributed by atoms with E-state index in [0.29, 0.717) is 18.7 Å². The third-order valence-corrected chi connectivity index (χ3v) is 3.16. The Hall–Kier alpha value is -1.09. The molecule has 2 nitrogen and oxygen atoms in total. The van der Waals surface area contributed by atoms with Crippen molar-refractivity contribution in [1.82, 2.24) is 0 Å². The van der Waals surface area contributed by atoms with Crippen molar-refractivity contribution in [3.8, 4) is 0 Å². The molecule has 0 saturated heterocycles. The number of para-hydroxylation sites is 1. The van der Waals surface area contributed by atoms with E-state index in [0.717, 1.165) is 24.9 Å². The smallest absolute Gasteiger partial charge is 0.146 e. The molecule has 0 saturated carbocycles. The number of aliphatic hydroxyl groups excluding tert-OH is 1. The van der Waals surface area contributed by atoms with Gasteiger partial charge in [0.15, 0.2) is 0 Å². The monoisotopic (exact) mass is 223 g/mol. The Morgan fingerprint density at radius 3 is 3.06 bits per heavy atom. The highest BCUT2D eigenvalue weighted by atomic mass is 19.1. The van der Waals surface area contributed by atoms with Crippen LogP contribution in [-0.2, 0) is 6.42 Å². The van der Waals surface area contributed by atoms with Crippen LogP contribution in [0.2, 0.25) is 0 Å². The zero-order valence-corrected chi connectivity index (χ0v) is 9.62. The van der Waals surface area contributed by atoms with Crippen LogP contribution in [0.3, 0.4) is 0 Å². The second-order valence-electron chi connectivity index (χ2n) is 4.36. The zero-order chi connectivity index (χ0) is 11.5. The first-order chi connectivity index (χ1) is 7.72. The van der Waals surface area contributed by atoms with E-state index in [-0.39, 0.29) is 11.9 Å². The molecule has 1 aromatic rings. The molecule has 0 aromatic heterocycles. The van der Waals surface area contributed by atoms with E-state index in [2.05, 4.69) is 0 Å². The zero-order valence-electron chi connectivity index (χ0n) is 9.62. The highest BCUT2D eigenvalue weighted by molar-refractivity contribution is 5.56. The maximum atomic E-state index is 13.8. The molecule has 0 spiro atoms. The van der Waals surface area contributed by atoms with Crippen LogP contribution >= 0.6 is 0 Å². The Balaban J connectivity index is 2.25. The third kappa shape index (κ3) is 2.19.